The molecule has 2 aromatic carbocycles. The van der Waals surface area contributed by atoms with Crippen molar-refractivity contribution in [3.8, 4) is 5.75 Å². The SMILES string of the molecule is COc1ccc(NC(=O)C(OC(=O)c2cnc3c(c2)c(C)nn3C)c2ccccc2)cc1. The number of nitrogens with one attached hydrogen (secondary N) is 1. The van der Waals surface area contributed by atoms with Gasteiger partial charge in [-0.1, -0.05) is 30.3 Å². The molecule has 0 aliphatic heterocycles. The highest BCUT2D eigenvalue weighted by molar-refractivity contribution is 5.99. The molecule has 162 valence electrons. The van der Waals surface area contributed by atoms with Crippen molar-refractivity contribution >= 4 is 28.6 Å². The fraction of sp³-hybridized carbons (Fsp3) is 0.167. The first-order valence-corrected chi connectivity index (χ1v) is 9.96. The number of methoxy groups -OCH3 is 1. The molecule has 1 atom stereocenters. The normalized spacial score (nSPS) is 11.7. The largest absolute Gasteiger partial charge is 0.497 e. The van der Waals surface area contributed by atoms with Gasteiger partial charge in [-0.25, -0.2) is 9.78 Å². The lowest BCUT2D eigenvalue weighted by atomic mass is 10.1. The number of rotatable bonds is 6. The maximum Gasteiger partial charge on any atom is 0.340 e. The highest BCUT2D eigenvalue weighted by atomic mass is 16.5. The minimum absolute atomic E-state index is 0.242. The smallest absolute Gasteiger partial charge is 0.340 e. The summed E-state index contributed by atoms with van der Waals surface area (Å²) >= 11 is 0. The fourth-order valence-corrected chi connectivity index (χ4v) is 3.38. The van der Waals surface area contributed by atoms with Crippen LogP contribution in [0.3, 0.4) is 0 Å². The maximum absolute atomic E-state index is 13.1. The van der Waals surface area contributed by atoms with Crippen molar-refractivity contribution in [3.63, 3.8) is 0 Å². The second kappa shape index (κ2) is 8.89. The predicted octanol–water partition coefficient (Wildman–Crippen LogP) is 3.82. The lowest BCUT2D eigenvalue weighted by molar-refractivity contribution is -0.125. The van der Waals surface area contributed by atoms with Gasteiger partial charge < -0.3 is 14.8 Å². The van der Waals surface area contributed by atoms with Crippen molar-refractivity contribution < 1.29 is 19.1 Å². The molecule has 8 nitrogen and oxygen atoms in total. The summed E-state index contributed by atoms with van der Waals surface area (Å²) in [7, 11) is 3.35. The number of carbonyl (C=O) groups is 2. The maximum atomic E-state index is 13.1. The molecule has 0 aliphatic rings. The average Bonchev–Trinajstić information content (AvgIpc) is 3.11. The molecule has 2 aromatic heterocycles. The number of hydrogen-bond donors (Lipinski definition) is 1. The number of carbonyl (C=O) groups excluding carboxylic acids is 2. The molecule has 32 heavy (non-hydrogen) atoms. The third kappa shape index (κ3) is 4.29. The summed E-state index contributed by atoms with van der Waals surface area (Å²) in [4.78, 5) is 30.3. The van der Waals surface area contributed by atoms with Crippen LogP contribution in [0, 0.1) is 6.92 Å². The van der Waals surface area contributed by atoms with Crippen molar-refractivity contribution in [2.45, 2.75) is 13.0 Å². The fourth-order valence-electron chi connectivity index (χ4n) is 3.38. The zero-order valence-electron chi connectivity index (χ0n) is 17.9. The van der Waals surface area contributed by atoms with Crippen LogP contribution in [0.15, 0.2) is 66.9 Å². The van der Waals surface area contributed by atoms with Gasteiger partial charge in [0, 0.05) is 29.9 Å². The molecule has 0 aliphatic carbocycles. The first-order valence-electron chi connectivity index (χ1n) is 9.96. The molecule has 0 radical (unpaired) electrons. The molecule has 1 N–H and O–H groups in total. The van der Waals surface area contributed by atoms with Crippen LogP contribution >= 0.6 is 0 Å². The van der Waals surface area contributed by atoms with E-state index in [1.165, 1.54) is 6.20 Å². The summed E-state index contributed by atoms with van der Waals surface area (Å²) in [6.45, 7) is 1.84. The number of aromatic nitrogens is 3. The van der Waals surface area contributed by atoms with Crippen molar-refractivity contribution in [2.24, 2.45) is 7.05 Å². The second-order valence-corrected chi connectivity index (χ2v) is 7.22. The van der Waals surface area contributed by atoms with E-state index >= 15 is 0 Å². The third-order valence-corrected chi connectivity index (χ3v) is 5.02. The summed E-state index contributed by atoms with van der Waals surface area (Å²) in [6.07, 6.45) is 0.284. The highest BCUT2D eigenvalue weighted by Crippen LogP contribution is 2.24. The van der Waals surface area contributed by atoms with E-state index in [1.807, 2.05) is 13.0 Å². The summed E-state index contributed by atoms with van der Waals surface area (Å²) in [6, 6.07) is 17.4. The second-order valence-electron chi connectivity index (χ2n) is 7.22. The number of pyridine rings is 1. The van der Waals surface area contributed by atoms with Gasteiger partial charge >= 0.3 is 5.97 Å². The summed E-state index contributed by atoms with van der Waals surface area (Å²) in [5.41, 5.74) is 2.77. The van der Waals surface area contributed by atoms with Crippen LogP contribution in [0.5, 0.6) is 5.75 Å². The number of amides is 1. The van der Waals surface area contributed by atoms with Gasteiger partial charge in [-0.3, -0.25) is 9.48 Å². The van der Waals surface area contributed by atoms with E-state index in [2.05, 4.69) is 15.4 Å². The van der Waals surface area contributed by atoms with Crippen LogP contribution in [0.4, 0.5) is 5.69 Å². The van der Waals surface area contributed by atoms with E-state index in [4.69, 9.17) is 9.47 Å². The standard InChI is InChI=1S/C24H22N4O4/c1-15-20-13-17(14-25-22(20)28(2)27-15)24(30)32-21(16-7-5-4-6-8-16)23(29)26-18-9-11-19(31-3)12-10-18/h4-14,21H,1-3H3,(H,26,29). The zero-order valence-corrected chi connectivity index (χ0v) is 17.9. The molecule has 1 unspecified atom stereocenters. The molecule has 0 bridgehead atoms. The summed E-state index contributed by atoms with van der Waals surface area (Å²) < 4.78 is 12.4. The first-order chi connectivity index (χ1) is 15.5. The van der Waals surface area contributed by atoms with E-state index in [-0.39, 0.29) is 5.56 Å². The molecular formula is C24H22N4O4. The quantitative estimate of drug-likeness (QED) is 0.467. The van der Waals surface area contributed by atoms with Crippen molar-refractivity contribution in [1.29, 1.82) is 0 Å². The van der Waals surface area contributed by atoms with E-state index in [0.29, 0.717) is 22.6 Å². The Morgan fingerprint density at radius 2 is 1.78 bits per heavy atom. The van der Waals surface area contributed by atoms with Gasteiger partial charge in [0.2, 0.25) is 6.10 Å². The topological polar surface area (TPSA) is 95.3 Å². The Morgan fingerprint density at radius 3 is 2.47 bits per heavy atom. The Hall–Kier alpha value is -4.20. The van der Waals surface area contributed by atoms with Gasteiger partial charge in [-0.05, 0) is 37.3 Å². The highest BCUT2D eigenvalue weighted by Gasteiger charge is 2.26. The molecule has 4 rings (SSSR count). The number of anilines is 1. The molecule has 0 saturated carbocycles. The van der Waals surface area contributed by atoms with Crippen LogP contribution in [0.2, 0.25) is 0 Å². The molecule has 0 saturated heterocycles. The van der Waals surface area contributed by atoms with Gasteiger partial charge in [0.25, 0.3) is 5.91 Å². The van der Waals surface area contributed by atoms with Gasteiger partial charge in [-0.2, -0.15) is 5.10 Å². The van der Waals surface area contributed by atoms with Crippen LogP contribution in [-0.2, 0) is 16.6 Å². The lowest BCUT2D eigenvalue weighted by Gasteiger charge is -2.18. The number of hydrogen-bond acceptors (Lipinski definition) is 6. The van der Waals surface area contributed by atoms with E-state index in [9.17, 15) is 9.59 Å². The summed E-state index contributed by atoms with van der Waals surface area (Å²) in [5, 5.41) is 7.86. The number of nitrogens with zero attached hydrogens (tertiary/aromatic N) is 3. The van der Waals surface area contributed by atoms with E-state index in [1.54, 1.807) is 73.4 Å². The number of aryl methyl sites for hydroxylation is 2. The van der Waals surface area contributed by atoms with Gasteiger partial charge in [-0.15, -0.1) is 0 Å². The number of fused-ring (bicyclic) bond motifs is 1. The van der Waals surface area contributed by atoms with Crippen molar-refractivity contribution in [3.05, 3.63) is 83.7 Å². The lowest BCUT2D eigenvalue weighted by Crippen LogP contribution is -2.26. The average molecular weight is 430 g/mol. The minimum atomic E-state index is -1.14. The van der Waals surface area contributed by atoms with Gasteiger partial charge in [0.05, 0.1) is 18.4 Å². The first kappa shape index (κ1) is 21.0. The van der Waals surface area contributed by atoms with Crippen molar-refractivity contribution in [2.75, 3.05) is 12.4 Å². The number of esters is 1. The monoisotopic (exact) mass is 430 g/mol. The van der Waals surface area contributed by atoms with Gasteiger partial charge in [0.15, 0.2) is 5.65 Å². The molecule has 8 heteroatoms. The minimum Gasteiger partial charge on any atom is -0.497 e. The molecule has 0 fully saturated rings. The van der Waals surface area contributed by atoms with Crippen LogP contribution in [-0.4, -0.2) is 33.8 Å². The summed E-state index contributed by atoms with van der Waals surface area (Å²) in [5.74, 6) is -0.453. The Kier molecular flexibility index (Phi) is 5.85. The molecule has 2 heterocycles. The van der Waals surface area contributed by atoms with E-state index in [0.717, 1.165) is 11.1 Å². The number of ether oxygens (including phenoxy) is 2. The van der Waals surface area contributed by atoms with Crippen LogP contribution < -0.4 is 10.1 Å². The van der Waals surface area contributed by atoms with Crippen molar-refractivity contribution in [1.82, 2.24) is 14.8 Å². The van der Waals surface area contributed by atoms with Crippen LogP contribution in [0.1, 0.15) is 27.7 Å². The van der Waals surface area contributed by atoms with Crippen LogP contribution in [0.25, 0.3) is 11.0 Å². The molecule has 1 amide bonds. The molecular weight excluding hydrogens is 408 g/mol. The Balaban J connectivity index is 1.59. The molecule has 4 aromatic rings. The molecule has 0 spiro atoms. The predicted molar refractivity (Wildman–Crippen MR) is 119 cm³/mol. The Labute approximate surface area is 184 Å². The zero-order chi connectivity index (χ0) is 22.7. The Bertz CT molecular complexity index is 1270. The Morgan fingerprint density at radius 1 is 1.06 bits per heavy atom. The third-order valence-electron chi connectivity index (χ3n) is 5.02. The van der Waals surface area contributed by atoms with Gasteiger partial charge in [0.1, 0.15) is 5.75 Å². The number of benzene rings is 2. The van der Waals surface area contributed by atoms with E-state index < -0.39 is 18.0 Å².